The second kappa shape index (κ2) is 6.07. The summed E-state index contributed by atoms with van der Waals surface area (Å²) in [5.74, 6) is 2.19. The molecule has 2 nitrogen and oxygen atoms in total. The smallest absolute Gasteiger partial charge is 0.0960 e. The molecule has 1 aromatic heterocycles. The van der Waals surface area contributed by atoms with Gasteiger partial charge in [0.05, 0.1) is 5.03 Å². The van der Waals surface area contributed by atoms with Crippen LogP contribution < -0.4 is 5.32 Å². The van der Waals surface area contributed by atoms with Crippen LogP contribution in [0.1, 0.15) is 44.1 Å². The Labute approximate surface area is 114 Å². The lowest BCUT2D eigenvalue weighted by molar-refractivity contribution is 0.623. The average Bonchev–Trinajstić information content (AvgIpc) is 3.09. The van der Waals surface area contributed by atoms with Gasteiger partial charge in [-0.3, -0.25) is 0 Å². The highest BCUT2D eigenvalue weighted by Gasteiger charge is 2.20. The normalized spacial score (nSPS) is 20.4. The van der Waals surface area contributed by atoms with Crippen molar-refractivity contribution in [2.45, 2.75) is 56.1 Å². The van der Waals surface area contributed by atoms with Crippen molar-refractivity contribution < 1.29 is 0 Å². The maximum Gasteiger partial charge on any atom is 0.0960 e. The Morgan fingerprint density at radius 3 is 2.67 bits per heavy atom. The Morgan fingerprint density at radius 1 is 1.17 bits per heavy atom. The van der Waals surface area contributed by atoms with Crippen molar-refractivity contribution in [2.75, 3.05) is 5.75 Å². The Bertz CT molecular complexity index is 367. The van der Waals surface area contributed by atoms with Crippen molar-refractivity contribution in [1.82, 2.24) is 10.3 Å². The molecule has 18 heavy (non-hydrogen) atoms. The minimum atomic E-state index is 0.779. The van der Waals surface area contributed by atoms with E-state index in [9.17, 15) is 0 Å². The summed E-state index contributed by atoms with van der Waals surface area (Å²) in [6.45, 7) is 0.977. The molecule has 0 radical (unpaired) electrons. The third kappa shape index (κ3) is 3.72. The highest BCUT2D eigenvalue weighted by atomic mass is 32.2. The molecule has 0 aliphatic heterocycles. The maximum absolute atomic E-state index is 4.56. The molecular formula is C15H22N2S. The second-order valence-electron chi connectivity index (χ2n) is 5.62. The third-order valence-corrected chi connectivity index (χ3v) is 5.09. The van der Waals surface area contributed by atoms with Crippen LogP contribution in [0.4, 0.5) is 0 Å². The fraction of sp³-hybridized carbons (Fsp3) is 0.667. The molecule has 2 aliphatic carbocycles. The summed E-state index contributed by atoms with van der Waals surface area (Å²) in [7, 11) is 0. The molecule has 0 spiro atoms. The Hall–Kier alpha value is -0.540. The number of nitrogens with zero attached hydrogens (tertiary/aromatic N) is 1. The molecule has 0 unspecified atom stereocenters. The van der Waals surface area contributed by atoms with E-state index in [1.165, 1.54) is 54.9 Å². The summed E-state index contributed by atoms with van der Waals surface area (Å²) in [5.41, 5.74) is 1.31. The summed E-state index contributed by atoms with van der Waals surface area (Å²) < 4.78 is 0. The van der Waals surface area contributed by atoms with Gasteiger partial charge in [-0.1, -0.05) is 18.9 Å². The molecule has 0 amide bonds. The summed E-state index contributed by atoms with van der Waals surface area (Å²) in [6, 6.07) is 5.18. The van der Waals surface area contributed by atoms with Crippen LogP contribution in [-0.2, 0) is 6.54 Å². The van der Waals surface area contributed by atoms with E-state index in [1.54, 1.807) is 0 Å². The molecule has 2 fully saturated rings. The average molecular weight is 262 g/mol. The standard InChI is InChI=1S/C15H22N2S/c1-2-4-12(3-1)11-18-15-8-5-13(10-17-15)9-16-14-6-7-14/h5,8,10,12,14,16H,1-4,6-7,9,11H2. The number of thioether (sulfide) groups is 1. The van der Waals surface area contributed by atoms with Crippen molar-refractivity contribution in [3.05, 3.63) is 23.9 Å². The SMILES string of the molecule is c1cc(SCC2CCCC2)ncc1CNC1CC1. The number of nitrogens with one attached hydrogen (secondary N) is 1. The molecule has 1 N–H and O–H groups in total. The topological polar surface area (TPSA) is 24.9 Å². The predicted octanol–water partition coefficient (Wildman–Crippen LogP) is 3.62. The van der Waals surface area contributed by atoms with Gasteiger partial charge >= 0.3 is 0 Å². The van der Waals surface area contributed by atoms with Crippen LogP contribution in [0.2, 0.25) is 0 Å². The van der Waals surface area contributed by atoms with Crippen LogP contribution in [0.15, 0.2) is 23.4 Å². The van der Waals surface area contributed by atoms with E-state index in [0.717, 1.165) is 18.5 Å². The Kier molecular flexibility index (Phi) is 4.21. The first kappa shape index (κ1) is 12.5. The summed E-state index contributed by atoms with van der Waals surface area (Å²) in [6.07, 6.45) is 10.5. The first-order valence-corrected chi connectivity index (χ1v) is 8.20. The molecule has 0 aromatic carbocycles. The molecule has 2 aliphatic rings. The van der Waals surface area contributed by atoms with Gasteiger partial charge in [0.15, 0.2) is 0 Å². The van der Waals surface area contributed by atoms with Crippen LogP contribution in [0.25, 0.3) is 0 Å². The summed E-state index contributed by atoms with van der Waals surface area (Å²) in [5, 5.41) is 4.71. The van der Waals surface area contributed by atoms with E-state index in [2.05, 4.69) is 22.4 Å². The predicted molar refractivity (Wildman–Crippen MR) is 76.8 cm³/mol. The quantitative estimate of drug-likeness (QED) is 0.793. The first-order chi connectivity index (χ1) is 8.90. The molecule has 2 saturated carbocycles. The van der Waals surface area contributed by atoms with Gasteiger partial charge in [0, 0.05) is 24.5 Å². The van der Waals surface area contributed by atoms with Gasteiger partial charge in [-0.25, -0.2) is 4.98 Å². The minimum absolute atomic E-state index is 0.779. The first-order valence-electron chi connectivity index (χ1n) is 7.21. The van der Waals surface area contributed by atoms with Crippen LogP contribution >= 0.6 is 11.8 Å². The van der Waals surface area contributed by atoms with E-state index < -0.39 is 0 Å². The van der Waals surface area contributed by atoms with Crippen molar-refractivity contribution in [3.63, 3.8) is 0 Å². The highest BCUT2D eigenvalue weighted by molar-refractivity contribution is 7.99. The van der Waals surface area contributed by atoms with Crippen molar-refractivity contribution in [3.8, 4) is 0 Å². The van der Waals surface area contributed by atoms with E-state index in [0.29, 0.717) is 0 Å². The van der Waals surface area contributed by atoms with E-state index in [-0.39, 0.29) is 0 Å². The Morgan fingerprint density at radius 2 is 2.00 bits per heavy atom. The lowest BCUT2D eigenvalue weighted by atomic mass is 10.1. The van der Waals surface area contributed by atoms with Gasteiger partial charge in [0.1, 0.15) is 0 Å². The highest BCUT2D eigenvalue weighted by Crippen LogP contribution is 2.30. The van der Waals surface area contributed by atoms with Gasteiger partial charge in [-0.2, -0.15) is 0 Å². The van der Waals surface area contributed by atoms with E-state index in [4.69, 9.17) is 0 Å². The number of aromatic nitrogens is 1. The number of rotatable bonds is 6. The minimum Gasteiger partial charge on any atom is -0.310 e. The van der Waals surface area contributed by atoms with Crippen LogP contribution in [0, 0.1) is 5.92 Å². The lowest BCUT2D eigenvalue weighted by Gasteiger charge is -2.08. The zero-order chi connectivity index (χ0) is 12.2. The van der Waals surface area contributed by atoms with Crippen molar-refractivity contribution in [1.29, 1.82) is 0 Å². The summed E-state index contributed by atoms with van der Waals surface area (Å²) in [4.78, 5) is 4.56. The number of hydrogen-bond acceptors (Lipinski definition) is 3. The molecule has 3 rings (SSSR count). The fourth-order valence-electron chi connectivity index (χ4n) is 2.53. The van der Waals surface area contributed by atoms with Crippen molar-refractivity contribution in [2.24, 2.45) is 5.92 Å². The van der Waals surface area contributed by atoms with Gasteiger partial charge in [0.2, 0.25) is 0 Å². The molecule has 3 heteroatoms. The van der Waals surface area contributed by atoms with Crippen LogP contribution in [0.5, 0.6) is 0 Å². The number of hydrogen-bond donors (Lipinski definition) is 1. The molecule has 1 aromatic rings. The van der Waals surface area contributed by atoms with Crippen LogP contribution in [0.3, 0.4) is 0 Å². The molecular weight excluding hydrogens is 240 g/mol. The Balaban J connectivity index is 1.44. The zero-order valence-corrected chi connectivity index (χ0v) is 11.7. The van der Waals surface area contributed by atoms with Gasteiger partial charge < -0.3 is 5.32 Å². The maximum atomic E-state index is 4.56. The van der Waals surface area contributed by atoms with Gasteiger partial charge in [-0.15, -0.1) is 11.8 Å². The molecule has 0 atom stereocenters. The van der Waals surface area contributed by atoms with E-state index >= 15 is 0 Å². The largest absolute Gasteiger partial charge is 0.310 e. The fourth-order valence-corrected chi connectivity index (χ4v) is 3.56. The monoisotopic (exact) mass is 262 g/mol. The molecule has 0 bridgehead atoms. The second-order valence-corrected chi connectivity index (χ2v) is 6.66. The third-order valence-electron chi connectivity index (χ3n) is 3.91. The van der Waals surface area contributed by atoms with Gasteiger partial charge in [0.25, 0.3) is 0 Å². The molecule has 98 valence electrons. The molecule has 0 saturated heterocycles. The molecule has 1 heterocycles. The number of pyridine rings is 1. The van der Waals surface area contributed by atoms with Gasteiger partial charge in [-0.05, 0) is 43.2 Å². The lowest BCUT2D eigenvalue weighted by Crippen LogP contribution is -2.15. The zero-order valence-electron chi connectivity index (χ0n) is 10.9. The van der Waals surface area contributed by atoms with Crippen LogP contribution in [-0.4, -0.2) is 16.8 Å². The van der Waals surface area contributed by atoms with E-state index in [1.807, 2.05) is 18.0 Å². The summed E-state index contributed by atoms with van der Waals surface area (Å²) >= 11 is 1.93. The van der Waals surface area contributed by atoms with Crippen molar-refractivity contribution >= 4 is 11.8 Å².